The van der Waals surface area contributed by atoms with E-state index in [0.29, 0.717) is 5.69 Å². The number of H-pyrrole nitrogens is 1. The van der Waals surface area contributed by atoms with Gasteiger partial charge >= 0.3 is 0 Å². The lowest BCUT2D eigenvalue weighted by Crippen LogP contribution is -1.98. The zero-order chi connectivity index (χ0) is 12.2. The summed E-state index contributed by atoms with van der Waals surface area (Å²) >= 11 is 0. The molecule has 0 fully saturated rings. The second-order valence-electron chi connectivity index (χ2n) is 3.87. The van der Waals surface area contributed by atoms with Crippen LogP contribution in [-0.4, -0.2) is 25.4 Å². The van der Waals surface area contributed by atoms with Crippen LogP contribution in [0.25, 0.3) is 11.4 Å². The molecule has 0 aliphatic carbocycles. The first-order chi connectivity index (χ1) is 8.93. The summed E-state index contributed by atoms with van der Waals surface area (Å²) in [5, 5.41) is 10.4. The molecular weight excluding hydrogens is 226 g/mol. The third-order valence-electron chi connectivity index (χ3n) is 2.65. The molecule has 0 radical (unpaired) electrons. The Kier molecular flexibility index (Phi) is 2.79. The Labute approximate surface area is 104 Å². The first-order valence-corrected chi connectivity index (χ1v) is 5.64. The van der Waals surface area contributed by atoms with Crippen molar-refractivity contribution in [2.75, 3.05) is 0 Å². The van der Waals surface area contributed by atoms with E-state index in [2.05, 4.69) is 37.5 Å². The quantitative estimate of drug-likeness (QED) is 0.754. The number of aromatic nitrogens is 5. The van der Waals surface area contributed by atoms with Crippen molar-refractivity contribution >= 4 is 0 Å². The highest BCUT2D eigenvalue weighted by molar-refractivity contribution is 5.55. The summed E-state index contributed by atoms with van der Waals surface area (Å²) in [4.78, 5) is 8.72. The monoisotopic (exact) mass is 237 g/mol. The highest BCUT2D eigenvalue weighted by Gasteiger charge is 2.10. The van der Waals surface area contributed by atoms with Crippen LogP contribution in [0.15, 0.2) is 48.9 Å². The highest BCUT2D eigenvalue weighted by atomic mass is 15.3. The van der Waals surface area contributed by atoms with Gasteiger partial charge in [0.1, 0.15) is 11.4 Å². The van der Waals surface area contributed by atoms with Gasteiger partial charge in [0.2, 0.25) is 0 Å². The van der Waals surface area contributed by atoms with Crippen LogP contribution in [0.2, 0.25) is 0 Å². The maximum absolute atomic E-state index is 4.39. The minimum atomic E-state index is 0.717. The Balaban J connectivity index is 1.98. The van der Waals surface area contributed by atoms with Gasteiger partial charge in [0.15, 0.2) is 0 Å². The molecule has 0 aliphatic rings. The lowest BCUT2D eigenvalue weighted by molar-refractivity contribution is 0.937. The average Bonchev–Trinajstić information content (AvgIpc) is 2.94. The molecule has 0 spiro atoms. The maximum atomic E-state index is 4.39. The molecule has 0 bridgehead atoms. The van der Waals surface area contributed by atoms with Crippen molar-refractivity contribution in [2.45, 2.75) is 6.42 Å². The minimum Gasteiger partial charge on any atom is -0.265 e. The molecule has 5 nitrogen and oxygen atoms in total. The zero-order valence-corrected chi connectivity index (χ0v) is 9.61. The molecule has 1 N–H and O–H groups in total. The Hall–Kier alpha value is -2.56. The highest BCUT2D eigenvalue weighted by Crippen LogP contribution is 2.18. The molecule has 0 aliphatic heterocycles. The number of aromatic amines is 1. The fraction of sp³-hybridized carbons (Fsp3) is 0.0769. The molecular formula is C13H11N5. The predicted octanol–water partition coefficient (Wildman–Crippen LogP) is 1.85. The standard InChI is InChI=1S/C13H11N5/c1-2-4-10(5-3-1)8-11-13(15-7-6-14-11)12-9-16-18-17-12/h1-7,9H,8H2,(H,16,17,18). The van der Waals surface area contributed by atoms with Crippen LogP contribution in [0.3, 0.4) is 0 Å². The van der Waals surface area contributed by atoms with Crippen molar-refractivity contribution in [1.29, 1.82) is 0 Å². The lowest BCUT2D eigenvalue weighted by atomic mass is 10.1. The second-order valence-corrected chi connectivity index (χ2v) is 3.87. The normalized spacial score (nSPS) is 10.4. The number of hydrogen-bond donors (Lipinski definition) is 1. The molecule has 0 saturated carbocycles. The van der Waals surface area contributed by atoms with Gasteiger partial charge in [-0.2, -0.15) is 0 Å². The fourth-order valence-corrected chi connectivity index (χ4v) is 1.82. The Morgan fingerprint density at radius 2 is 1.83 bits per heavy atom. The van der Waals surface area contributed by atoms with E-state index < -0.39 is 0 Å². The summed E-state index contributed by atoms with van der Waals surface area (Å²) in [6, 6.07) is 10.2. The van der Waals surface area contributed by atoms with E-state index in [4.69, 9.17) is 0 Å². The van der Waals surface area contributed by atoms with Crippen molar-refractivity contribution in [1.82, 2.24) is 25.4 Å². The van der Waals surface area contributed by atoms with Gasteiger partial charge in [-0.15, -0.1) is 5.10 Å². The molecule has 3 rings (SSSR count). The Morgan fingerprint density at radius 1 is 1.00 bits per heavy atom. The zero-order valence-electron chi connectivity index (χ0n) is 9.61. The van der Waals surface area contributed by atoms with Crippen LogP contribution in [-0.2, 0) is 6.42 Å². The fourth-order valence-electron chi connectivity index (χ4n) is 1.82. The van der Waals surface area contributed by atoms with Gasteiger partial charge in [-0.3, -0.25) is 15.1 Å². The van der Waals surface area contributed by atoms with Crippen LogP contribution in [0, 0.1) is 0 Å². The molecule has 0 unspecified atom stereocenters. The summed E-state index contributed by atoms with van der Waals surface area (Å²) in [7, 11) is 0. The molecule has 3 aromatic rings. The first kappa shape index (κ1) is 10.6. The number of benzene rings is 1. The van der Waals surface area contributed by atoms with Crippen LogP contribution in [0.5, 0.6) is 0 Å². The molecule has 0 amide bonds. The predicted molar refractivity (Wildman–Crippen MR) is 66.7 cm³/mol. The third-order valence-corrected chi connectivity index (χ3v) is 2.65. The van der Waals surface area contributed by atoms with Gasteiger partial charge in [0.05, 0.1) is 11.9 Å². The maximum Gasteiger partial charge on any atom is 0.133 e. The number of rotatable bonds is 3. The number of hydrogen-bond acceptors (Lipinski definition) is 4. The Morgan fingerprint density at radius 3 is 2.61 bits per heavy atom. The second kappa shape index (κ2) is 4.75. The Bertz CT molecular complexity index is 619. The molecule has 1 aromatic carbocycles. The van der Waals surface area contributed by atoms with Crippen molar-refractivity contribution in [3.63, 3.8) is 0 Å². The number of nitrogens with zero attached hydrogens (tertiary/aromatic N) is 4. The van der Waals surface area contributed by atoms with E-state index in [1.165, 1.54) is 5.56 Å². The van der Waals surface area contributed by atoms with E-state index in [0.717, 1.165) is 17.8 Å². The lowest BCUT2D eigenvalue weighted by Gasteiger charge is -2.04. The van der Waals surface area contributed by atoms with Gasteiger partial charge in [-0.25, -0.2) is 0 Å². The summed E-state index contributed by atoms with van der Waals surface area (Å²) < 4.78 is 0. The van der Waals surface area contributed by atoms with Crippen LogP contribution < -0.4 is 0 Å². The minimum absolute atomic E-state index is 0.717. The van der Waals surface area contributed by atoms with E-state index in [1.807, 2.05) is 18.2 Å². The molecule has 0 atom stereocenters. The van der Waals surface area contributed by atoms with Gasteiger partial charge in [-0.1, -0.05) is 35.5 Å². The summed E-state index contributed by atoms with van der Waals surface area (Å²) in [5.41, 5.74) is 3.59. The van der Waals surface area contributed by atoms with Gasteiger partial charge in [-0.05, 0) is 5.56 Å². The van der Waals surface area contributed by atoms with Crippen LogP contribution in [0.4, 0.5) is 0 Å². The first-order valence-electron chi connectivity index (χ1n) is 5.64. The molecule has 18 heavy (non-hydrogen) atoms. The molecule has 2 heterocycles. The molecule has 2 aromatic heterocycles. The smallest absolute Gasteiger partial charge is 0.133 e. The van der Waals surface area contributed by atoms with Crippen molar-refractivity contribution in [3.8, 4) is 11.4 Å². The topological polar surface area (TPSA) is 67.3 Å². The van der Waals surface area contributed by atoms with Gasteiger partial charge < -0.3 is 0 Å². The molecule has 5 heteroatoms. The SMILES string of the molecule is c1ccc(Cc2nccnc2-c2c[nH]nn2)cc1. The van der Waals surface area contributed by atoms with Crippen LogP contribution in [0.1, 0.15) is 11.3 Å². The van der Waals surface area contributed by atoms with Gasteiger partial charge in [0, 0.05) is 18.8 Å². The largest absolute Gasteiger partial charge is 0.265 e. The number of nitrogens with one attached hydrogen (secondary N) is 1. The van der Waals surface area contributed by atoms with Gasteiger partial charge in [0.25, 0.3) is 0 Å². The summed E-state index contributed by atoms with van der Waals surface area (Å²) in [6.45, 7) is 0. The van der Waals surface area contributed by atoms with Crippen molar-refractivity contribution in [2.24, 2.45) is 0 Å². The average molecular weight is 237 g/mol. The molecule has 0 saturated heterocycles. The van der Waals surface area contributed by atoms with Crippen LogP contribution >= 0.6 is 0 Å². The summed E-state index contributed by atoms with van der Waals surface area (Å²) in [6.07, 6.45) is 5.82. The van der Waals surface area contributed by atoms with E-state index in [9.17, 15) is 0 Å². The third kappa shape index (κ3) is 2.10. The summed E-state index contributed by atoms with van der Waals surface area (Å²) in [5.74, 6) is 0. The van der Waals surface area contributed by atoms with E-state index in [-0.39, 0.29) is 0 Å². The van der Waals surface area contributed by atoms with Crippen molar-refractivity contribution < 1.29 is 0 Å². The molecule has 88 valence electrons. The van der Waals surface area contributed by atoms with E-state index in [1.54, 1.807) is 18.6 Å². The van der Waals surface area contributed by atoms with E-state index >= 15 is 0 Å². The van der Waals surface area contributed by atoms with Crippen molar-refractivity contribution in [3.05, 3.63) is 60.2 Å².